The third-order valence-electron chi connectivity index (χ3n) is 8.56. The second-order valence-corrected chi connectivity index (χ2v) is 16.9. The molecule has 15 heteroatoms. The van der Waals surface area contributed by atoms with E-state index in [1.165, 1.54) is 57.8 Å². The zero-order valence-corrected chi connectivity index (χ0v) is 37.6. The Morgan fingerprint density at radius 2 is 0.898 bits per heavy atom. The summed E-state index contributed by atoms with van der Waals surface area (Å²) in [6.45, 7) is 1.61. The molecule has 0 heterocycles. The molecule has 340 valence electrons. The fraction of sp³-hybridized carbons (Fsp3) is 0.682. The molecule has 0 rings (SSSR count). The van der Waals surface area contributed by atoms with E-state index in [2.05, 4.69) is 83.7 Å². The van der Waals surface area contributed by atoms with Gasteiger partial charge < -0.3 is 29.3 Å². The van der Waals surface area contributed by atoms with E-state index in [0.29, 0.717) is 19.3 Å². The molecule has 0 saturated heterocycles. The Balaban J connectivity index is 4.69. The lowest BCUT2D eigenvalue weighted by molar-refractivity contribution is -0.161. The van der Waals surface area contributed by atoms with Crippen molar-refractivity contribution < 1.29 is 61.6 Å². The topological polar surface area (TPSA) is 195 Å². The van der Waals surface area contributed by atoms with Crippen LogP contribution in [-0.2, 0) is 41.8 Å². The molecule has 0 aliphatic rings. The summed E-state index contributed by atoms with van der Waals surface area (Å²) < 4.78 is 47.6. The molecule has 59 heavy (non-hydrogen) atoms. The predicted octanol–water partition coefficient (Wildman–Crippen LogP) is 11.0. The number of hydrogen-bond acceptors (Lipinski definition) is 10. The smallest absolute Gasteiger partial charge is 0.462 e. The Kier molecular flexibility index (Phi) is 38.0. The van der Waals surface area contributed by atoms with E-state index in [4.69, 9.17) is 23.8 Å². The van der Waals surface area contributed by atoms with Gasteiger partial charge >= 0.3 is 27.6 Å². The maximum atomic E-state index is 12.6. The molecule has 0 aromatic carbocycles. The van der Waals surface area contributed by atoms with E-state index in [-0.39, 0.29) is 12.8 Å². The van der Waals surface area contributed by atoms with Crippen LogP contribution >= 0.6 is 15.6 Å². The van der Waals surface area contributed by atoms with E-state index < -0.39 is 66.2 Å². The van der Waals surface area contributed by atoms with E-state index in [1.807, 2.05) is 12.2 Å². The van der Waals surface area contributed by atoms with Gasteiger partial charge in [-0.1, -0.05) is 132 Å². The highest BCUT2D eigenvalue weighted by Crippen LogP contribution is 2.43. The van der Waals surface area contributed by atoms with Crippen molar-refractivity contribution in [2.75, 3.05) is 26.4 Å². The fourth-order valence-electron chi connectivity index (χ4n) is 5.25. The number of allylic oxidation sites excluding steroid dienone is 12. The highest BCUT2D eigenvalue weighted by molar-refractivity contribution is 7.47. The lowest BCUT2D eigenvalue weighted by Gasteiger charge is -2.20. The van der Waals surface area contributed by atoms with Crippen LogP contribution < -0.4 is 0 Å². The summed E-state index contributed by atoms with van der Waals surface area (Å²) in [6, 6.07) is 0. The number of carbonyl (C=O) groups excluding carboxylic acids is 2. The average molecular weight is 875 g/mol. The number of phosphoric acid groups is 2. The number of phosphoric ester groups is 2. The number of unbranched alkanes of at least 4 members (excludes halogenated alkanes) is 12. The van der Waals surface area contributed by atoms with Crippen LogP contribution in [0.3, 0.4) is 0 Å². The zero-order chi connectivity index (χ0) is 43.7. The second kappa shape index (κ2) is 39.7. The van der Waals surface area contributed by atoms with Crippen molar-refractivity contribution >= 4 is 27.6 Å². The first-order chi connectivity index (χ1) is 28.4. The second-order valence-electron chi connectivity index (χ2n) is 14.3. The first kappa shape index (κ1) is 56.6. The monoisotopic (exact) mass is 874 g/mol. The van der Waals surface area contributed by atoms with Crippen LogP contribution in [0.1, 0.15) is 155 Å². The van der Waals surface area contributed by atoms with Crippen molar-refractivity contribution in [3.8, 4) is 0 Å². The first-order valence-electron chi connectivity index (χ1n) is 21.6. The minimum Gasteiger partial charge on any atom is -0.462 e. The molecular formula is C44H76O13P2. The number of ether oxygens (including phenoxy) is 2. The summed E-state index contributed by atoms with van der Waals surface area (Å²) in [7, 11) is -9.70. The number of hydrogen-bond donors (Lipinski definition) is 4. The summed E-state index contributed by atoms with van der Waals surface area (Å²) in [5.41, 5.74) is 0. The molecule has 0 radical (unpaired) electrons. The molecule has 1 unspecified atom stereocenters. The molecule has 0 aliphatic heterocycles. The Hall–Kier alpha value is -2.44. The van der Waals surface area contributed by atoms with Crippen molar-refractivity contribution in [3.05, 3.63) is 72.9 Å². The SMILES string of the molecule is CCCCC/C=C\C/C=C\C/C=C\CCCCC(=O)OC[C@H](COP(=O)(O)OC[C@@H](O)COP(=O)(O)O)OC(=O)CCC/C=C\C/C=C\C/C=C\CCCCCCCC. The van der Waals surface area contributed by atoms with Crippen molar-refractivity contribution in [1.29, 1.82) is 0 Å². The van der Waals surface area contributed by atoms with Crippen LogP contribution in [0, 0.1) is 0 Å². The minimum atomic E-state index is -4.87. The van der Waals surface area contributed by atoms with Gasteiger partial charge in [0, 0.05) is 12.8 Å². The quantitative estimate of drug-likeness (QED) is 0.0197. The molecule has 0 aromatic heterocycles. The lowest BCUT2D eigenvalue weighted by atomic mass is 10.1. The predicted molar refractivity (Wildman–Crippen MR) is 234 cm³/mol. The third kappa shape index (κ3) is 43.5. The lowest BCUT2D eigenvalue weighted by Crippen LogP contribution is -2.29. The van der Waals surface area contributed by atoms with Gasteiger partial charge in [0.15, 0.2) is 6.10 Å². The van der Waals surface area contributed by atoms with Gasteiger partial charge in [-0.15, -0.1) is 0 Å². The van der Waals surface area contributed by atoms with E-state index in [0.717, 1.165) is 51.4 Å². The molecule has 3 atom stereocenters. The molecule has 4 N–H and O–H groups in total. The standard InChI is InChI=1S/C44H76O13P2/c1-3-5-7-9-11-13-15-17-19-20-22-24-26-28-30-32-34-36-44(47)57-42(40-56-59(51,52)55-38-41(45)37-54-58(48,49)50)39-53-43(46)35-33-31-29-27-25-23-21-18-16-14-12-10-8-6-4-2/h12,14,17-19,21-22,24-25,27-28,30,41-42,45H,3-11,13,15-16,20,23,26,29,31-40H2,1-2H3,(H,51,52)(H2,48,49,50)/b14-12-,19-17-,21-18-,24-22-,27-25-,30-28-/t41-,42+/m0/s1. The number of carbonyl (C=O) groups is 2. The molecule has 0 aromatic rings. The van der Waals surface area contributed by atoms with Gasteiger partial charge in [-0.05, 0) is 83.5 Å². The van der Waals surface area contributed by atoms with Gasteiger partial charge in [-0.2, -0.15) is 0 Å². The van der Waals surface area contributed by atoms with E-state index >= 15 is 0 Å². The molecular weight excluding hydrogens is 798 g/mol. The molecule has 0 amide bonds. The number of esters is 2. The fourth-order valence-corrected chi connectivity index (χ4v) is 6.41. The molecule has 0 spiro atoms. The van der Waals surface area contributed by atoms with Gasteiger partial charge in [0.2, 0.25) is 0 Å². The largest absolute Gasteiger partial charge is 0.472 e. The van der Waals surface area contributed by atoms with Crippen molar-refractivity contribution in [2.45, 2.75) is 167 Å². The van der Waals surface area contributed by atoms with Crippen molar-refractivity contribution in [1.82, 2.24) is 0 Å². The third-order valence-corrected chi connectivity index (χ3v) is 9.99. The molecule has 0 aliphatic carbocycles. The Morgan fingerprint density at radius 1 is 0.492 bits per heavy atom. The summed E-state index contributed by atoms with van der Waals surface area (Å²) in [5.74, 6) is -1.14. The van der Waals surface area contributed by atoms with Gasteiger partial charge in [-0.25, -0.2) is 9.13 Å². The number of rotatable bonds is 40. The summed E-state index contributed by atoms with van der Waals surface area (Å²) in [6.07, 6.45) is 43.4. The van der Waals surface area contributed by atoms with Gasteiger partial charge in [0.1, 0.15) is 12.7 Å². The minimum absolute atomic E-state index is 0.0482. The van der Waals surface area contributed by atoms with Crippen LogP contribution in [0.5, 0.6) is 0 Å². The number of aliphatic hydroxyl groups excluding tert-OH is 1. The van der Waals surface area contributed by atoms with Gasteiger partial charge in [-0.3, -0.25) is 23.2 Å². The normalized spacial score (nSPS) is 14.7. The Morgan fingerprint density at radius 3 is 1.44 bits per heavy atom. The van der Waals surface area contributed by atoms with Gasteiger partial charge in [0.05, 0.1) is 19.8 Å². The van der Waals surface area contributed by atoms with E-state index in [9.17, 15) is 28.7 Å². The highest BCUT2D eigenvalue weighted by atomic mass is 31.2. The Bertz CT molecular complexity index is 1320. The Labute approximate surface area is 354 Å². The number of aliphatic hydroxyl groups is 1. The zero-order valence-electron chi connectivity index (χ0n) is 35.8. The molecule has 13 nitrogen and oxygen atoms in total. The van der Waals surface area contributed by atoms with E-state index in [1.54, 1.807) is 0 Å². The first-order valence-corrected chi connectivity index (χ1v) is 24.7. The highest BCUT2D eigenvalue weighted by Gasteiger charge is 2.28. The van der Waals surface area contributed by atoms with Crippen molar-refractivity contribution in [2.24, 2.45) is 0 Å². The molecule has 0 fully saturated rings. The average Bonchev–Trinajstić information content (AvgIpc) is 3.19. The summed E-state index contributed by atoms with van der Waals surface area (Å²) >= 11 is 0. The van der Waals surface area contributed by atoms with Gasteiger partial charge in [0.25, 0.3) is 0 Å². The molecule has 0 bridgehead atoms. The van der Waals surface area contributed by atoms with Crippen LogP contribution in [-0.4, -0.2) is 70.4 Å². The van der Waals surface area contributed by atoms with Crippen molar-refractivity contribution in [3.63, 3.8) is 0 Å². The summed E-state index contributed by atoms with van der Waals surface area (Å²) in [5, 5.41) is 9.74. The van der Waals surface area contributed by atoms with Crippen LogP contribution in [0.2, 0.25) is 0 Å². The van der Waals surface area contributed by atoms with Crippen LogP contribution in [0.25, 0.3) is 0 Å². The summed E-state index contributed by atoms with van der Waals surface area (Å²) in [4.78, 5) is 52.6. The van der Waals surface area contributed by atoms with Crippen LogP contribution in [0.15, 0.2) is 72.9 Å². The maximum absolute atomic E-state index is 12.6. The molecule has 0 saturated carbocycles. The maximum Gasteiger partial charge on any atom is 0.472 e. The van der Waals surface area contributed by atoms with Crippen LogP contribution in [0.4, 0.5) is 0 Å².